The van der Waals surface area contributed by atoms with Crippen molar-refractivity contribution in [2.75, 3.05) is 7.11 Å². The molecule has 3 aromatic carbocycles. The molecule has 0 unspecified atom stereocenters. The summed E-state index contributed by atoms with van der Waals surface area (Å²) in [4.78, 5) is 18.4. The summed E-state index contributed by atoms with van der Waals surface area (Å²) >= 11 is 0. The molecule has 0 N–H and O–H groups in total. The van der Waals surface area contributed by atoms with Crippen LogP contribution in [0.2, 0.25) is 0 Å². The van der Waals surface area contributed by atoms with Crippen LogP contribution in [0, 0.1) is 12.7 Å². The first-order chi connectivity index (χ1) is 15.5. The Morgan fingerprint density at radius 3 is 2.47 bits per heavy atom. The van der Waals surface area contributed by atoms with E-state index in [2.05, 4.69) is 5.10 Å². The van der Waals surface area contributed by atoms with Gasteiger partial charge in [-0.2, -0.15) is 5.10 Å². The summed E-state index contributed by atoms with van der Waals surface area (Å²) in [5.41, 5.74) is 3.02. The zero-order chi connectivity index (χ0) is 22.2. The average molecular weight is 426 g/mol. The molecule has 0 atom stereocenters. The second-order valence-corrected chi connectivity index (χ2v) is 7.42. The highest BCUT2D eigenvalue weighted by Crippen LogP contribution is 2.25. The quantitative estimate of drug-likeness (QED) is 0.418. The molecule has 5 aromatic rings. The van der Waals surface area contributed by atoms with Crippen LogP contribution >= 0.6 is 0 Å². The molecule has 0 amide bonds. The topological polar surface area (TPSA) is 61.9 Å². The lowest BCUT2D eigenvalue weighted by Gasteiger charge is -2.14. The van der Waals surface area contributed by atoms with E-state index in [-0.39, 0.29) is 5.56 Å². The number of hydrogen-bond acceptors (Lipinski definition) is 4. The summed E-state index contributed by atoms with van der Waals surface area (Å²) in [6, 6.07) is 20.9. The number of halogens is 1. The van der Waals surface area contributed by atoms with E-state index in [0.717, 1.165) is 11.3 Å². The second kappa shape index (κ2) is 7.77. The Labute approximate surface area is 183 Å². The van der Waals surface area contributed by atoms with Gasteiger partial charge in [0.1, 0.15) is 22.8 Å². The van der Waals surface area contributed by atoms with E-state index < -0.39 is 5.82 Å². The monoisotopic (exact) mass is 426 g/mol. The summed E-state index contributed by atoms with van der Waals surface area (Å²) in [7, 11) is 1.56. The average Bonchev–Trinajstić information content (AvgIpc) is 3.24. The maximum absolute atomic E-state index is 14.1. The van der Waals surface area contributed by atoms with E-state index in [9.17, 15) is 9.18 Å². The van der Waals surface area contributed by atoms with Crippen LogP contribution < -0.4 is 10.3 Å². The van der Waals surface area contributed by atoms with Gasteiger partial charge in [-0.3, -0.25) is 9.36 Å². The Morgan fingerprint density at radius 2 is 1.72 bits per heavy atom. The first kappa shape index (κ1) is 19.7. The molecule has 0 radical (unpaired) electrons. The first-order valence-electron chi connectivity index (χ1n) is 10.0. The van der Waals surface area contributed by atoms with Crippen molar-refractivity contribution >= 4 is 11.0 Å². The predicted molar refractivity (Wildman–Crippen MR) is 121 cm³/mol. The van der Waals surface area contributed by atoms with Gasteiger partial charge < -0.3 is 4.74 Å². The Kier molecular flexibility index (Phi) is 4.78. The zero-order valence-corrected chi connectivity index (χ0v) is 17.5. The second-order valence-electron chi connectivity index (χ2n) is 7.42. The molecule has 158 valence electrons. The third kappa shape index (κ3) is 3.33. The number of benzene rings is 3. The summed E-state index contributed by atoms with van der Waals surface area (Å²) < 4.78 is 22.5. The normalized spacial score (nSPS) is 11.1. The molecule has 0 saturated carbocycles. The molecule has 0 aliphatic heterocycles. The van der Waals surface area contributed by atoms with Gasteiger partial charge in [0.2, 0.25) is 0 Å². The van der Waals surface area contributed by atoms with Crippen LogP contribution in [-0.4, -0.2) is 26.4 Å². The molecule has 0 fully saturated rings. The van der Waals surface area contributed by atoms with Crippen molar-refractivity contribution < 1.29 is 9.13 Å². The van der Waals surface area contributed by atoms with Crippen LogP contribution in [0.1, 0.15) is 5.56 Å². The van der Waals surface area contributed by atoms with E-state index in [1.807, 2.05) is 31.2 Å². The molecule has 0 aliphatic carbocycles. The molecular weight excluding hydrogens is 407 g/mol. The molecule has 0 saturated heterocycles. The zero-order valence-electron chi connectivity index (χ0n) is 17.5. The lowest BCUT2D eigenvalue weighted by Crippen LogP contribution is -2.22. The van der Waals surface area contributed by atoms with Gasteiger partial charge in [0.05, 0.1) is 24.7 Å². The highest BCUT2D eigenvalue weighted by Gasteiger charge is 2.19. The number of aryl methyl sites for hydroxylation is 1. The largest absolute Gasteiger partial charge is 0.497 e. The Balaban J connectivity index is 1.84. The Hall–Kier alpha value is -4.26. The van der Waals surface area contributed by atoms with Gasteiger partial charge in [-0.15, -0.1) is 0 Å². The molecule has 0 spiro atoms. The van der Waals surface area contributed by atoms with Crippen LogP contribution in [-0.2, 0) is 0 Å². The van der Waals surface area contributed by atoms with Crippen molar-refractivity contribution in [1.29, 1.82) is 0 Å². The van der Waals surface area contributed by atoms with Gasteiger partial charge in [-0.1, -0.05) is 35.9 Å². The minimum Gasteiger partial charge on any atom is -0.497 e. The Morgan fingerprint density at radius 1 is 0.938 bits per heavy atom. The van der Waals surface area contributed by atoms with Crippen LogP contribution in [0.15, 0.2) is 83.8 Å². The number of ether oxygens (including phenoxy) is 1. The highest BCUT2D eigenvalue weighted by atomic mass is 19.1. The highest BCUT2D eigenvalue weighted by molar-refractivity contribution is 5.79. The van der Waals surface area contributed by atoms with E-state index >= 15 is 0 Å². The van der Waals surface area contributed by atoms with Gasteiger partial charge in [0.15, 0.2) is 5.65 Å². The van der Waals surface area contributed by atoms with Crippen LogP contribution in [0.5, 0.6) is 5.75 Å². The van der Waals surface area contributed by atoms with Crippen LogP contribution in [0.25, 0.3) is 33.8 Å². The fourth-order valence-corrected chi connectivity index (χ4v) is 3.65. The van der Waals surface area contributed by atoms with Crippen molar-refractivity contribution in [3.8, 4) is 28.5 Å². The van der Waals surface area contributed by atoms with E-state index in [0.29, 0.717) is 33.9 Å². The third-order valence-corrected chi connectivity index (χ3v) is 5.27. The van der Waals surface area contributed by atoms with Crippen LogP contribution in [0.3, 0.4) is 0 Å². The fourth-order valence-electron chi connectivity index (χ4n) is 3.65. The van der Waals surface area contributed by atoms with Crippen molar-refractivity contribution in [1.82, 2.24) is 19.3 Å². The first-order valence-corrected chi connectivity index (χ1v) is 10.0. The number of aromatic nitrogens is 4. The molecule has 2 aromatic heterocycles. The molecule has 2 heterocycles. The molecule has 0 bridgehead atoms. The van der Waals surface area contributed by atoms with Crippen molar-refractivity contribution in [2.45, 2.75) is 6.92 Å². The van der Waals surface area contributed by atoms with Gasteiger partial charge >= 0.3 is 0 Å². The van der Waals surface area contributed by atoms with E-state index in [4.69, 9.17) is 9.72 Å². The standard InChI is InChI=1S/C25H19FN4O2/c1-16-9-11-19(12-10-16)30-24-22(15-27-30)25(31)29(20-7-4-8-21(14-20)32-2)23(28-24)17-5-3-6-18(26)13-17/h3-15H,1-2H3. The summed E-state index contributed by atoms with van der Waals surface area (Å²) in [5.74, 6) is 0.486. The van der Waals surface area contributed by atoms with Crippen LogP contribution in [0.4, 0.5) is 4.39 Å². The summed E-state index contributed by atoms with van der Waals surface area (Å²) in [5, 5.41) is 4.77. The number of hydrogen-bond donors (Lipinski definition) is 0. The maximum atomic E-state index is 14.1. The number of methoxy groups -OCH3 is 1. The molecule has 7 heteroatoms. The maximum Gasteiger partial charge on any atom is 0.269 e. The van der Waals surface area contributed by atoms with Gasteiger partial charge in [0, 0.05) is 11.6 Å². The number of fused-ring (bicyclic) bond motifs is 1. The fraction of sp³-hybridized carbons (Fsp3) is 0.0800. The van der Waals surface area contributed by atoms with Crippen molar-refractivity contribution in [3.63, 3.8) is 0 Å². The van der Waals surface area contributed by atoms with Gasteiger partial charge in [0.25, 0.3) is 5.56 Å². The van der Waals surface area contributed by atoms with Crippen molar-refractivity contribution in [2.24, 2.45) is 0 Å². The SMILES string of the molecule is COc1cccc(-n2c(-c3cccc(F)c3)nc3c(cnn3-c3ccc(C)cc3)c2=O)c1. The third-order valence-electron chi connectivity index (χ3n) is 5.27. The molecule has 32 heavy (non-hydrogen) atoms. The van der Waals surface area contributed by atoms with Gasteiger partial charge in [-0.25, -0.2) is 14.1 Å². The summed E-state index contributed by atoms with van der Waals surface area (Å²) in [6.45, 7) is 2.00. The van der Waals surface area contributed by atoms with E-state index in [1.54, 1.807) is 48.2 Å². The molecular formula is C25H19FN4O2. The van der Waals surface area contributed by atoms with E-state index in [1.165, 1.54) is 22.9 Å². The smallest absolute Gasteiger partial charge is 0.269 e. The predicted octanol–water partition coefficient (Wildman–Crippen LogP) is 4.69. The number of nitrogens with zero attached hydrogens (tertiary/aromatic N) is 4. The minimum absolute atomic E-state index is 0.305. The summed E-state index contributed by atoms with van der Waals surface area (Å²) in [6.07, 6.45) is 1.51. The lowest BCUT2D eigenvalue weighted by atomic mass is 10.2. The van der Waals surface area contributed by atoms with Gasteiger partial charge in [-0.05, 0) is 43.3 Å². The lowest BCUT2D eigenvalue weighted by molar-refractivity contribution is 0.414. The molecule has 6 nitrogen and oxygen atoms in total. The number of rotatable bonds is 4. The van der Waals surface area contributed by atoms with Crippen molar-refractivity contribution in [3.05, 3.63) is 101 Å². The minimum atomic E-state index is -0.416. The Bertz CT molecular complexity index is 1500. The molecule has 0 aliphatic rings. The molecule has 5 rings (SSSR count).